The van der Waals surface area contributed by atoms with E-state index in [1.165, 1.54) is 6.20 Å². The minimum absolute atomic E-state index is 0.0691. The van der Waals surface area contributed by atoms with Crippen molar-refractivity contribution < 1.29 is 19.2 Å². The number of piperazine rings is 1. The van der Waals surface area contributed by atoms with Gasteiger partial charge in [0.05, 0.1) is 17.4 Å². The van der Waals surface area contributed by atoms with E-state index in [-0.39, 0.29) is 47.6 Å². The quantitative estimate of drug-likeness (QED) is 0.263. The third-order valence-electron chi connectivity index (χ3n) is 6.53. The number of carbonyl (C=O) groups is 4. The van der Waals surface area contributed by atoms with Crippen molar-refractivity contribution in [2.45, 2.75) is 6.42 Å². The van der Waals surface area contributed by atoms with Gasteiger partial charge in [-0.15, -0.1) is 0 Å². The highest BCUT2D eigenvalue weighted by Crippen LogP contribution is 2.27. The van der Waals surface area contributed by atoms with Crippen LogP contribution in [-0.2, 0) is 9.59 Å². The smallest absolute Gasteiger partial charge is 0.253 e. The summed E-state index contributed by atoms with van der Waals surface area (Å²) >= 11 is 6.31. The molecule has 2 aromatic carbocycles. The van der Waals surface area contributed by atoms with Gasteiger partial charge in [0.2, 0.25) is 17.8 Å². The van der Waals surface area contributed by atoms with Crippen LogP contribution in [0.25, 0.3) is 0 Å². The van der Waals surface area contributed by atoms with Gasteiger partial charge >= 0.3 is 0 Å². The van der Waals surface area contributed by atoms with Crippen molar-refractivity contribution >= 4 is 58.4 Å². The fraction of sp³-hybridized carbons (Fsp3) is 0.241. The molecule has 13 heteroatoms. The van der Waals surface area contributed by atoms with E-state index in [2.05, 4.69) is 37.8 Å². The molecule has 1 fully saturated rings. The summed E-state index contributed by atoms with van der Waals surface area (Å²) in [7, 11) is 1.55. The average molecular weight is 591 g/mol. The molecule has 0 saturated carbocycles. The molecule has 0 aliphatic carbocycles. The van der Waals surface area contributed by atoms with E-state index in [4.69, 9.17) is 11.6 Å². The zero-order valence-corrected chi connectivity index (χ0v) is 23.8. The van der Waals surface area contributed by atoms with Gasteiger partial charge in [0.1, 0.15) is 5.02 Å². The number of hydrogen-bond acceptors (Lipinski definition) is 8. The number of carbonyl (C=O) groups excluding carboxylic acids is 4. The summed E-state index contributed by atoms with van der Waals surface area (Å²) < 4.78 is 0. The molecule has 1 aliphatic heterocycles. The number of amides is 4. The Kier molecular flexibility index (Phi) is 10.1. The van der Waals surface area contributed by atoms with Gasteiger partial charge in [-0.05, 0) is 42.5 Å². The van der Waals surface area contributed by atoms with Gasteiger partial charge < -0.3 is 31.1 Å². The number of benzene rings is 2. The molecule has 1 aromatic heterocycles. The van der Waals surface area contributed by atoms with Crippen LogP contribution in [0.1, 0.15) is 27.1 Å². The maximum Gasteiger partial charge on any atom is 0.253 e. The molecule has 3 aromatic rings. The second-order valence-corrected chi connectivity index (χ2v) is 9.67. The normalized spacial score (nSPS) is 12.7. The van der Waals surface area contributed by atoms with Crippen LogP contribution < -0.4 is 21.3 Å². The van der Waals surface area contributed by atoms with Gasteiger partial charge in [-0.1, -0.05) is 30.3 Å². The molecular formula is C29H31ClN8O4. The minimum Gasteiger partial charge on any atom is -0.355 e. The van der Waals surface area contributed by atoms with E-state index < -0.39 is 0 Å². The Morgan fingerprint density at radius 3 is 2.36 bits per heavy atom. The molecule has 0 bridgehead atoms. The lowest BCUT2D eigenvalue weighted by Crippen LogP contribution is -2.51. The van der Waals surface area contributed by atoms with E-state index in [9.17, 15) is 19.2 Å². The molecule has 0 spiro atoms. The standard InChI is InChI=1S/C29H31ClN8O4/c1-3-24(39)32-13-12-25(40)37-14-16-38(17-15-37)28(42)19-8-10-20(11-9-19)34-29-33-18-22(30)26(36-29)35-23-7-5-4-6-21(23)27(41)31-2/h3-11,18H,1,12-17H2,2H3,(H,31,41)(H,32,39)(H2,33,34,35,36). The SMILES string of the molecule is C=CC(=O)NCCC(=O)N1CCN(C(=O)c2ccc(Nc3ncc(Cl)c(Nc4ccccc4C(=O)NC)n3)cc2)CC1. The first-order valence-corrected chi connectivity index (χ1v) is 13.6. The lowest BCUT2D eigenvalue weighted by molar-refractivity contribution is -0.132. The molecular weight excluding hydrogens is 560 g/mol. The molecule has 218 valence electrons. The Labute approximate surface area is 248 Å². The van der Waals surface area contributed by atoms with Crippen LogP contribution in [0.4, 0.5) is 23.1 Å². The number of aromatic nitrogens is 2. The number of anilines is 4. The first-order valence-electron chi connectivity index (χ1n) is 13.2. The molecule has 0 radical (unpaired) electrons. The molecule has 1 aliphatic rings. The summed E-state index contributed by atoms with van der Waals surface area (Å²) in [4.78, 5) is 61.0. The largest absolute Gasteiger partial charge is 0.355 e. The fourth-order valence-electron chi connectivity index (χ4n) is 4.26. The Balaban J connectivity index is 1.33. The second-order valence-electron chi connectivity index (χ2n) is 9.26. The minimum atomic E-state index is -0.317. The number of nitrogens with zero attached hydrogens (tertiary/aromatic N) is 4. The van der Waals surface area contributed by atoms with Crippen molar-refractivity contribution in [3.63, 3.8) is 0 Å². The second kappa shape index (κ2) is 14.1. The maximum absolute atomic E-state index is 13.0. The number of hydrogen-bond donors (Lipinski definition) is 4. The van der Waals surface area contributed by atoms with Crippen LogP contribution in [-0.4, -0.2) is 83.2 Å². The predicted molar refractivity (Wildman–Crippen MR) is 160 cm³/mol. The first-order chi connectivity index (χ1) is 20.3. The molecule has 1 saturated heterocycles. The van der Waals surface area contributed by atoms with E-state index >= 15 is 0 Å². The predicted octanol–water partition coefficient (Wildman–Crippen LogP) is 2.95. The van der Waals surface area contributed by atoms with Crippen molar-refractivity contribution in [1.29, 1.82) is 0 Å². The van der Waals surface area contributed by atoms with Crippen LogP contribution in [0.3, 0.4) is 0 Å². The summed E-state index contributed by atoms with van der Waals surface area (Å²) in [5, 5.41) is 11.7. The molecule has 4 rings (SSSR count). The van der Waals surface area contributed by atoms with Gasteiger partial charge in [0.15, 0.2) is 5.82 Å². The Morgan fingerprint density at radius 1 is 0.976 bits per heavy atom. The Bertz CT molecular complexity index is 1470. The lowest BCUT2D eigenvalue weighted by atomic mass is 10.1. The molecule has 4 N–H and O–H groups in total. The van der Waals surface area contributed by atoms with E-state index in [1.807, 2.05) is 0 Å². The Morgan fingerprint density at radius 2 is 1.67 bits per heavy atom. The van der Waals surface area contributed by atoms with Crippen molar-refractivity contribution in [2.24, 2.45) is 0 Å². The zero-order chi connectivity index (χ0) is 30.1. The third kappa shape index (κ3) is 7.61. The first kappa shape index (κ1) is 30.0. The van der Waals surface area contributed by atoms with Gasteiger partial charge in [-0.3, -0.25) is 19.2 Å². The third-order valence-corrected chi connectivity index (χ3v) is 6.80. The average Bonchev–Trinajstić information content (AvgIpc) is 3.02. The van der Waals surface area contributed by atoms with E-state index in [1.54, 1.807) is 65.4 Å². The van der Waals surface area contributed by atoms with Crippen molar-refractivity contribution in [3.05, 3.63) is 83.5 Å². The van der Waals surface area contributed by atoms with Gasteiger partial charge in [-0.2, -0.15) is 4.98 Å². The summed E-state index contributed by atoms with van der Waals surface area (Å²) in [5.41, 5.74) is 2.14. The molecule has 42 heavy (non-hydrogen) atoms. The number of rotatable bonds is 10. The number of para-hydroxylation sites is 1. The summed E-state index contributed by atoms with van der Waals surface area (Å²) in [6.07, 6.45) is 2.80. The summed E-state index contributed by atoms with van der Waals surface area (Å²) in [6.45, 7) is 5.31. The Hall–Kier alpha value is -4.97. The topological polar surface area (TPSA) is 149 Å². The highest BCUT2D eigenvalue weighted by molar-refractivity contribution is 6.33. The highest BCUT2D eigenvalue weighted by atomic mass is 35.5. The number of halogens is 1. The zero-order valence-electron chi connectivity index (χ0n) is 23.0. The molecule has 0 atom stereocenters. The lowest BCUT2D eigenvalue weighted by Gasteiger charge is -2.35. The van der Waals surface area contributed by atoms with Crippen LogP contribution in [0.5, 0.6) is 0 Å². The summed E-state index contributed by atoms with van der Waals surface area (Å²) in [6, 6.07) is 13.9. The van der Waals surface area contributed by atoms with E-state index in [0.717, 1.165) is 6.08 Å². The van der Waals surface area contributed by atoms with Crippen LogP contribution in [0.15, 0.2) is 67.4 Å². The molecule has 2 heterocycles. The van der Waals surface area contributed by atoms with Crippen LogP contribution >= 0.6 is 11.6 Å². The summed E-state index contributed by atoms with van der Waals surface area (Å²) in [5.74, 6) is -0.184. The van der Waals surface area contributed by atoms with E-state index in [0.29, 0.717) is 54.5 Å². The van der Waals surface area contributed by atoms with Gasteiger partial charge in [0, 0.05) is 57.4 Å². The van der Waals surface area contributed by atoms with Crippen LogP contribution in [0, 0.1) is 0 Å². The molecule has 12 nitrogen and oxygen atoms in total. The maximum atomic E-state index is 13.0. The molecule has 0 unspecified atom stereocenters. The monoisotopic (exact) mass is 590 g/mol. The van der Waals surface area contributed by atoms with Crippen molar-refractivity contribution in [1.82, 2.24) is 30.4 Å². The van der Waals surface area contributed by atoms with Crippen LogP contribution in [0.2, 0.25) is 5.02 Å². The highest BCUT2D eigenvalue weighted by Gasteiger charge is 2.24. The van der Waals surface area contributed by atoms with Gasteiger partial charge in [0.25, 0.3) is 11.8 Å². The molecule has 4 amide bonds. The van der Waals surface area contributed by atoms with Gasteiger partial charge in [-0.25, -0.2) is 4.98 Å². The fourth-order valence-corrected chi connectivity index (χ4v) is 4.40. The van der Waals surface area contributed by atoms with Crippen molar-refractivity contribution in [3.8, 4) is 0 Å². The van der Waals surface area contributed by atoms with Crippen molar-refractivity contribution in [2.75, 3.05) is 50.4 Å². The number of nitrogens with one attached hydrogen (secondary N) is 4.